The molecule has 1 heterocycles. The highest BCUT2D eigenvalue weighted by molar-refractivity contribution is 5.59. The third-order valence-corrected chi connectivity index (χ3v) is 2.67. The van der Waals surface area contributed by atoms with Gasteiger partial charge in [-0.05, 0) is 19.0 Å². The van der Waals surface area contributed by atoms with E-state index in [1.165, 1.54) is 5.56 Å². The monoisotopic (exact) mass is 227 g/mol. The molecule has 3 heteroatoms. The molecule has 1 N–H and O–H groups in total. The molecule has 0 spiro atoms. The largest absolute Gasteiger partial charge is 0.313 e. The van der Waals surface area contributed by atoms with Gasteiger partial charge in [-0.15, -0.1) is 0 Å². The Morgan fingerprint density at radius 3 is 2.47 bits per heavy atom. The Balaban J connectivity index is 2.21. The van der Waals surface area contributed by atoms with Crippen molar-refractivity contribution in [3.63, 3.8) is 0 Å². The lowest BCUT2D eigenvalue weighted by Gasteiger charge is -2.05. The SMILES string of the molecule is CCNCc1cnc(-c2ccccc2C)nc1. The van der Waals surface area contributed by atoms with Crippen molar-refractivity contribution in [2.24, 2.45) is 0 Å². The average molecular weight is 227 g/mol. The highest BCUT2D eigenvalue weighted by Gasteiger charge is 2.03. The van der Waals surface area contributed by atoms with Gasteiger partial charge in [0, 0.05) is 30.1 Å². The molecule has 0 saturated heterocycles. The van der Waals surface area contributed by atoms with Crippen LogP contribution in [0.4, 0.5) is 0 Å². The van der Waals surface area contributed by atoms with E-state index in [9.17, 15) is 0 Å². The molecule has 2 aromatic rings. The zero-order chi connectivity index (χ0) is 12.1. The van der Waals surface area contributed by atoms with E-state index >= 15 is 0 Å². The molecule has 2 rings (SSSR count). The van der Waals surface area contributed by atoms with Crippen molar-refractivity contribution in [2.45, 2.75) is 20.4 Å². The molecule has 17 heavy (non-hydrogen) atoms. The van der Waals surface area contributed by atoms with E-state index in [0.29, 0.717) is 0 Å². The van der Waals surface area contributed by atoms with Gasteiger partial charge in [0.2, 0.25) is 0 Å². The number of aromatic nitrogens is 2. The zero-order valence-corrected chi connectivity index (χ0v) is 10.3. The molecule has 0 bridgehead atoms. The lowest BCUT2D eigenvalue weighted by molar-refractivity contribution is 0.721. The zero-order valence-electron chi connectivity index (χ0n) is 10.3. The van der Waals surface area contributed by atoms with Crippen molar-refractivity contribution in [3.8, 4) is 11.4 Å². The molecule has 0 unspecified atom stereocenters. The van der Waals surface area contributed by atoms with Crippen molar-refractivity contribution < 1.29 is 0 Å². The molecule has 3 nitrogen and oxygen atoms in total. The average Bonchev–Trinajstić information content (AvgIpc) is 2.38. The van der Waals surface area contributed by atoms with Crippen LogP contribution in [0.25, 0.3) is 11.4 Å². The van der Waals surface area contributed by atoms with Gasteiger partial charge >= 0.3 is 0 Å². The van der Waals surface area contributed by atoms with E-state index < -0.39 is 0 Å². The Morgan fingerprint density at radius 2 is 1.82 bits per heavy atom. The molecular formula is C14H17N3. The molecule has 0 aliphatic heterocycles. The van der Waals surface area contributed by atoms with Crippen LogP contribution in [0, 0.1) is 6.92 Å². The summed E-state index contributed by atoms with van der Waals surface area (Å²) in [5.41, 5.74) is 3.42. The van der Waals surface area contributed by atoms with Gasteiger partial charge in [-0.1, -0.05) is 31.2 Å². The molecule has 0 aliphatic rings. The standard InChI is InChI=1S/C14H17N3/c1-3-15-8-12-9-16-14(17-10-12)13-7-5-4-6-11(13)2/h4-7,9-10,15H,3,8H2,1-2H3. The fraction of sp³-hybridized carbons (Fsp3) is 0.286. The maximum absolute atomic E-state index is 4.41. The summed E-state index contributed by atoms with van der Waals surface area (Å²) in [6.45, 7) is 5.94. The highest BCUT2D eigenvalue weighted by Crippen LogP contribution is 2.18. The van der Waals surface area contributed by atoms with Gasteiger partial charge in [-0.2, -0.15) is 0 Å². The fourth-order valence-corrected chi connectivity index (χ4v) is 1.68. The second-order valence-corrected chi connectivity index (χ2v) is 4.01. The summed E-state index contributed by atoms with van der Waals surface area (Å²) in [4.78, 5) is 8.82. The predicted octanol–water partition coefficient (Wildman–Crippen LogP) is 2.56. The number of hydrogen-bond acceptors (Lipinski definition) is 3. The van der Waals surface area contributed by atoms with Crippen molar-refractivity contribution in [3.05, 3.63) is 47.8 Å². The lowest BCUT2D eigenvalue weighted by atomic mass is 10.1. The third kappa shape index (κ3) is 2.88. The van der Waals surface area contributed by atoms with Crippen molar-refractivity contribution in [1.29, 1.82) is 0 Å². The molecule has 88 valence electrons. The van der Waals surface area contributed by atoms with Gasteiger partial charge in [0.25, 0.3) is 0 Å². The number of aryl methyl sites for hydroxylation is 1. The Morgan fingerprint density at radius 1 is 1.12 bits per heavy atom. The maximum atomic E-state index is 4.41. The third-order valence-electron chi connectivity index (χ3n) is 2.67. The van der Waals surface area contributed by atoms with E-state index in [1.54, 1.807) is 0 Å². The van der Waals surface area contributed by atoms with Crippen LogP contribution in [0.1, 0.15) is 18.1 Å². The normalized spacial score (nSPS) is 10.5. The minimum atomic E-state index is 0.795. The summed E-state index contributed by atoms with van der Waals surface area (Å²) in [5.74, 6) is 0.795. The topological polar surface area (TPSA) is 37.8 Å². The summed E-state index contributed by atoms with van der Waals surface area (Å²) in [5, 5.41) is 3.26. The molecule has 1 aromatic carbocycles. The van der Waals surface area contributed by atoms with Crippen molar-refractivity contribution >= 4 is 0 Å². The summed E-state index contributed by atoms with van der Waals surface area (Å²) < 4.78 is 0. The second kappa shape index (κ2) is 5.55. The van der Waals surface area contributed by atoms with Crippen LogP contribution in [0.2, 0.25) is 0 Å². The number of benzene rings is 1. The molecule has 0 fully saturated rings. The van der Waals surface area contributed by atoms with Gasteiger partial charge < -0.3 is 5.32 Å². The van der Waals surface area contributed by atoms with Crippen molar-refractivity contribution in [1.82, 2.24) is 15.3 Å². The minimum absolute atomic E-state index is 0.795. The number of nitrogens with zero attached hydrogens (tertiary/aromatic N) is 2. The molecule has 0 atom stereocenters. The molecule has 0 saturated carbocycles. The van der Waals surface area contributed by atoms with Gasteiger partial charge in [0.15, 0.2) is 5.82 Å². The first-order valence-electron chi connectivity index (χ1n) is 5.89. The van der Waals surface area contributed by atoms with Crippen molar-refractivity contribution in [2.75, 3.05) is 6.54 Å². The minimum Gasteiger partial charge on any atom is -0.313 e. The van der Waals surface area contributed by atoms with E-state index in [1.807, 2.05) is 24.5 Å². The Bertz CT molecular complexity index is 477. The van der Waals surface area contributed by atoms with Crippen LogP contribution in [-0.2, 0) is 6.54 Å². The Hall–Kier alpha value is -1.74. The molecule has 0 aliphatic carbocycles. The molecule has 0 radical (unpaired) electrons. The van der Waals surface area contributed by atoms with Gasteiger partial charge in [0.05, 0.1) is 0 Å². The van der Waals surface area contributed by atoms with E-state index in [4.69, 9.17) is 0 Å². The maximum Gasteiger partial charge on any atom is 0.159 e. The smallest absolute Gasteiger partial charge is 0.159 e. The Kier molecular flexibility index (Phi) is 3.83. The number of hydrogen-bond donors (Lipinski definition) is 1. The van der Waals surface area contributed by atoms with Gasteiger partial charge in [-0.3, -0.25) is 0 Å². The van der Waals surface area contributed by atoms with E-state index in [2.05, 4.69) is 41.3 Å². The summed E-state index contributed by atoms with van der Waals surface area (Å²) >= 11 is 0. The van der Waals surface area contributed by atoms with Gasteiger partial charge in [0.1, 0.15) is 0 Å². The van der Waals surface area contributed by atoms with Crippen LogP contribution >= 0.6 is 0 Å². The molecule has 0 amide bonds. The highest BCUT2D eigenvalue weighted by atomic mass is 14.9. The predicted molar refractivity (Wildman–Crippen MR) is 69.6 cm³/mol. The van der Waals surface area contributed by atoms with Crippen LogP contribution in [0.15, 0.2) is 36.7 Å². The van der Waals surface area contributed by atoms with E-state index in [0.717, 1.165) is 30.0 Å². The quantitative estimate of drug-likeness (QED) is 0.872. The first kappa shape index (κ1) is 11.7. The molecular weight excluding hydrogens is 210 g/mol. The number of nitrogens with one attached hydrogen (secondary N) is 1. The summed E-state index contributed by atoms with van der Waals surface area (Å²) in [6.07, 6.45) is 3.77. The summed E-state index contributed by atoms with van der Waals surface area (Å²) in [7, 11) is 0. The van der Waals surface area contributed by atoms with Crippen LogP contribution in [0.3, 0.4) is 0 Å². The number of rotatable bonds is 4. The Labute approximate surface area is 102 Å². The van der Waals surface area contributed by atoms with Crippen LogP contribution in [0.5, 0.6) is 0 Å². The fourth-order valence-electron chi connectivity index (χ4n) is 1.68. The van der Waals surface area contributed by atoms with Gasteiger partial charge in [-0.25, -0.2) is 9.97 Å². The van der Waals surface area contributed by atoms with E-state index in [-0.39, 0.29) is 0 Å². The van der Waals surface area contributed by atoms with Crippen LogP contribution in [-0.4, -0.2) is 16.5 Å². The van der Waals surface area contributed by atoms with Crippen LogP contribution < -0.4 is 5.32 Å². The first-order valence-corrected chi connectivity index (χ1v) is 5.89. The first-order chi connectivity index (χ1) is 8.31. The lowest BCUT2D eigenvalue weighted by Crippen LogP contribution is -2.12. The second-order valence-electron chi connectivity index (χ2n) is 4.01. The summed E-state index contributed by atoms with van der Waals surface area (Å²) in [6, 6.07) is 8.16. The molecule has 1 aromatic heterocycles.